The summed E-state index contributed by atoms with van der Waals surface area (Å²) in [6, 6.07) is 18.5. The van der Waals surface area contributed by atoms with Gasteiger partial charge in [0.25, 0.3) is 5.91 Å². The van der Waals surface area contributed by atoms with Crippen molar-refractivity contribution >= 4 is 46.5 Å². The molecule has 4 rings (SSSR count). The molecule has 8 heteroatoms. The summed E-state index contributed by atoms with van der Waals surface area (Å²) in [5.74, 6) is 0.765. The number of rotatable bonds is 7. The molecule has 34 heavy (non-hydrogen) atoms. The van der Waals surface area contributed by atoms with Crippen LogP contribution in [0.5, 0.6) is 5.75 Å². The standard InChI is InChI=1S/C26H22Cl3N3O2/c1-16-11-22(12-17(2)24(16)29)34-15-19-3-7-20(8-4-19)26(33)30-25-23(28)14-32(31-25)13-18-5-9-21(27)10-6-18/h3-12,14H,13,15H2,1-2H3,(H,30,31,33). The minimum Gasteiger partial charge on any atom is -0.489 e. The molecule has 0 unspecified atom stereocenters. The number of nitrogens with zero attached hydrogens (tertiary/aromatic N) is 2. The smallest absolute Gasteiger partial charge is 0.256 e. The Bertz CT molecular complexity index is 1290. The molecule has 1 aromatic heterocycles. The van der Waals surface area contributed by atoms with Gasteiger partial charge in [0, 0.05) is 21.8 Å². The van der Waals surface area contributed by atoms with E-state index in [-0.39, 0.29) is 5.91 Å². The van der Waals surface area contributed by atoms with Crippen LogP contribution in [0, 0.1) is 13.8 Å². The molecule has 174 valence electrons. The predicted octanol–water partition coefficient (Wildman–Crippen LogP) is 7.34. The van der Waals surface area contributed by atoms with E-state index in [1.165, 1.54) is 0 Å². The fourth-order valence-electron chi connectivity index (χ4n) is 3.43. The van der Waals surface area contributed by atoms with Crippen molar-refractivity contribution in [3.05, 3.63) is 110 Å². The van der Waals surface area contributed by atoms with Crippen LogP contribution in [0.2, 0.25) is 15.1 Å². The van der Waals surface area contributed by atoms with Gasteiger partial charge in [-0.25, -0.2) is 0 Å². The van der Waals surface area contributed by atoms with Gasteiger partial charge in [0.15, 0.2) is 5.82 Å². The molecule has 0 fully saturated rings. The number of benzene rings is 3. The van der Waals surface area contributed by atoms with Crippen molar-refractivity contribution in [2.24, 2.45) is 0 Å². The van der Waals surface area contributed by atoms with Crippen molar-refractivity contribution in [1.82, 2.24) is 9.78 Å². The Morgan fingerprint density at radius 3 is 2.21 bits per heavy atom. The molecule has 0 saturated heterocycles. The van der Waals surface area contributed by atoms with Crippen molar-refractivity contribution in [2.45, 2.75) is 27.0 Å². The second-order valence-corrected chi connectivity index (χ2v) is 9.18. The lowest BCUT2D eigenvalue weighted by atomic mass is 10.1. The minimum absolute atomic E-state index is 0.296. The Morgan fingerprint density at radius 2 is 1.56 bits per heavy atom. The molecule has 1 N–H and O–H groups in total. The first kappa shape index (κ1) is 24.1. The summed E-state index contributed by atoms with van der Waals surface area (Å²) in [6.07, 6.45) is 1.67. The van der Waals surface area contributed by atoms with Gasteiger partial charge in [0.2, 0.25) is 0 Å². The van der Waals surface area contributed by atoms with E-state index in [9.17, 15) is 4.79 Å². The number of anilines is 1. The van der Waals surface area contributed by atoms with Gasteiger partial charge in [-0.1, -0.05) is 59.1 Å². The Kier molecular flexibility index (Phi) is 7.47. The number of aromatic nitrogens is 2. The molecule has 0 aliphatic rings. The zero-order valence-electron chi connectivity index (χ0n) is 18.6. The van der Waals surface area contributed by atoms with Crippen LogP contribution in [0.15, 0.2) is 66.9 Å². The molecule has 0 atom stereocenters. The van der Waals surface area contributed by atoms with Crippen LogP contribution in [0.25, 0.3) is 0 Å². The molecule has 3 aromatic carbocycles. The number of hydrogen-bond acceptors (Lipinski definition) is 3. The van der Waals surface area contributed by atoms with Gasteiger partial charge in [0.1, 0.15) is 17.4 Å². The highest BCUT2D eigenvalue weighted by Gasteiger charge is 2.13. The van der Waals surface area contributed by atoms with E-state index in [0.29, 0.717) is 34.6 Å². The maximum Gasteiger partial charge on any atom is 0.256 e. The average Bonchev–Trinajstić information content (AvgIpc) is 3.16. The second kappa shape index (κ2) is 10.5. The Morgan fingerprint density at radius 1 is 0.941 bits per heavy atom. The monoisotopic (exact) mass is 513 g/mol. The predicted molar refractivity (Wildman–Crippen MR) is 137 cm³/mol. The molecule has 1 amide bonds. The third kappa shape index (κ3) is 5.92. The van der Waals surface area contributed by atoms with Gasteiger partial charge >= 0.3 is 0 Å². The summed E-state index contributed by atoms with van der Waals surface area (Å²) in [5.41, 5.74) is 4.39. The lowest BCUT2D eigenvalue weighted by molar-refractivity contribution is 0.102. The molecular formula is C26H22Cl3N3O2. The summed E-state index contributed by atoms with van der Waals surface area (Å²) in [4.78, 5) is 12.7. The zero-order valence-corrected chi connectivity index (χ0v) is 20.9. The van der Waals surface area contributed by atoms with E-state index in [0.717, 1.165) is 33.0 Å². The summed E-state index contributed by atoms with van der Waals surface area (Å²) in [6.45, 7) is 4.78. The highest BCUT2D eigenvalue weighted by Crippen LogP contribution is 2.26. The van der Waals surface area contributed by atoms with Crippen LogP contribution in [-0.4, -0.2) is 15.7 Å². The van der Waals surface area contributed by atoms with E-state index in [1.54, 1.807) is 23.0 Å². The summed E-state index contributed by atoms with van der Waals surface area (Å²) < 4.78 is 7.55. The third-order valence-electron chi connectivity index (χ3n) is 5.24. The molecule has 0 radical (unpaired) electrons. The number of carbonyl (C=O) groups excluding carboxylic acids is 1. The first-order chi connectivity index (χ1) is 16.3. The van der Waals surface area contributed by atoms with Crippen LogP contribution in [0.4, 0.5) is 5.82 Å². The van der Waals surface area contributed by atoms with Crippen LogP contribution in [-0.2, 0) is 13.2 Å². The van der Waals surface area contributed by atoms with Gasteiger partial charge in [-0.2, -0.15) is 5.10 Å². The highest BCUT2D eigenvalue weighted by molar-refractivity contribution is 6.33. The van der Waals surface area contributed by atoms with E-state index in [1.807, 2.05) is 62.4 Å². The highest BCUT2D eigenvalue weighted by atomic mass is 35.5. The summed E-state index contributed by atoms with van der Waals surface area (Å²) in [5, 5.41) is 8.93. The molecule has 5 nitrogen and oxygen atoms in total. The van der Waals surface area contributed by atoms with Crippen LogP contribution < -0.4 is 10.1 Å². The minimum atomic E-state index is -0.296. The van der Waals surface area contributed by atoms with E-state index >= 15 is 0 Å². The van der Waals surface area contributed by atoms with Crippen molar-refractivity contribution in [3.63, 3.8) is 0 Å². The van der Waals surface area contributed by atoms with Gasteiger partial charge in [-0.15, -0.1) is 0 Å². The molecule has 1 heterocycles. The lowest BCUT2D eigenvalue weighted by Crippen LogP contribution is -2.13. The van der Waals surface area contributed by atoms with E-state index < -0.39 is 0 Å². The number of carbonyl (C=O) groups is 1. The Balaban J connectivity index is 1.36. The van der Waals surface area contributed by atoms with E-state index in [4.69, 9.17) is 39.5 Å². The quantitative estimate of drug-likeness (QED) is 0.281. The van der Waals surface area contributed by atoms with Crippen molar-refractivity contribution in [2.75, 3.05) is 5.32 Å². The van der Waals surface area contributed by atoms with Gasteiger partial charge in [0.05, 0.1) is 6.54 Å². The van der Waals surface area contributed by atoms with Gasteiger partial charge < -0.3 is 10.1 Å². The maximum atomic E-state index is 12.7. The van der Waals surface area contributed by atoms with Crippen molar-refractivity contribution < 1.29 is 9.53 Å². The number of ether oxygens (including phenoxy) is 1. The Hall–Kier alpha value is -2.99. The summed E-state index contributed by atoms with van der Waals surface area (Å²) in [7, 11) is 0. The van der Waals surface area contributed by atoms with E-state index in [2.05, 4.69) is 10.4 Å². The molecular weight excluding hydrogens is 493 g/mol. The first-order valence-electron chi connectivity index (χ1n) is 10.6. The summed E-state index contributed by atoms with van der Waals surface area (Å²) >= 11 is 18.4. The molecule has 0 spiro atoms. The fourth-order valence-corrected chi connectivity index (χ4v) is 3.86. The molecule has 0 aliphatic carbocycles. The number of halogens is 3. The molecule has 0 bridgehead atoms. The number of aryl methyl sites for hydroxylation is 2. The largest absolute Gasteiger partial charge is 0.489 e. The molecule has 0 saturated carbocycles. The van der Waals surface area contributed by atoms with Crippen LogP contribution >= 0.6 is 34.8 Å². The molecule has 0 aliphatic heterocycles. The zero-order chi connectivity index (χ0) is 24.2. The average molecular weight is 515 g/mol. The van der Waals surface area contributed by atoms with Gasteiger partial charge in [-0.3, -0.25) is 9.48 Å². The SMILES string of the molecule is Cc1cc(OCc2ccc(C(=O)Nc3nn(Cc4ccc(Cl)cc4)cc3Cl)cc2)cc(C)c1Cl. The fraction of sp³-hybridized carbons (Fsp3) is 0.154. The maximum absolute atomic E-state index is 12.7. The number of hydrogen-bond donors (Lipinski definition) is 1. The number of nitrogens with one attached hydrogen (secondary N) is 1. The first-order valence-corrected chi connectivity index (χ1v) is 11.7. The third-order valence-corrected chi connectivity index (χ3v) is 6.36. The van der Waals surface area contributed by atoms with Crippen LogP contribution in [0.1, 0.15) is 32.6 Å². The Labute approximate surface area is 213 Å². The second-order valence-electron chi connectivity index (χ2n) is 7.96. The topological polar surface area (TPSA) is 56.1 Å². The number of amides is 1. The van der Waals surface area contributed by atoms with Gasteiger partial charge in [-0.05, 0) is 72.5 Å². The lowest BCUT2D eigenvalue weighted by Gasteiger charge is -2.10. The van der Waals surface area contributed by atoms with Crippen LogP contribution in [0.3, 0.4) is 0 Å². The molecule has 4 aromatic rings. The van der Waals surface area contributed by atoms with Crippen molar-refractivity contribution in [3.8, 4) is 5.75 Å². The van der Waals surface area contributed by atoms with Crippen molar-refractivity contribution in [1.29, 1.82) is 0 Å². The normalized spacial score (nSPS) is 10.9.